The summed E-state index contributed by atoms with van der Waals surface area (Å²) in [6.07, 6.45) is 6.37. The Bertz CT molecular complexity index is 137. The van der Waals surface area contributed by atoms with E-state index in [9.17, 15) is 0 Å². The molecule has 0 aromatic carbocycles. The van der Waals surface area contributed by atoms with E-state index < -0.39 is 0 Å². The average molecular weight is 139 g/mol. The molecule has 0 amide bonds. The fraction of sp³-hybridized carbons (Fsp3) is 0.625. The standard InChI is InChI=1S/C8H11O2/c1-2-6-9-8-5-3-4-7-10-8/h3-5,7H2,1H3. The van der Waals surface area contributed by atoms with Crippen LogP contribution in [0.5, 0.6) is 0 Å². The zero-order valence-electron chi connectivity index (χ0n) is 6.14. The third kappa shape index (κ3) is 2.28. The van der Waals surface area contributed by atoms with Crippen molar-refractivity contribution in [3.05, 3.63) is 6.29 Å². The van der Waals surface area contributed by atoms with Crippen LogP contribution in [-0.4, -0.2) is 6.61 Å². The first-order valence-electron chi connectivity index (χ1n) is 3.50. The monoisotopic (exact) mass is 139 g/mol. The van der Waals surface area contributed by atoms with E-state index >= 15 is 0 Å². The molecular formula is C8H11O2. The molecule has 0 aromatic rings. The lowest BCUT2D eigenvalue weighted by Gasteiger charge is -2.17. The van der Waals surface area contributed by atoms with Gasteiger partial charge in [-0.15, -0.1) is 0 Å². The Morgan fingerprint density at radius 1 is 1.50 bits per heavy atom. The minimum atomic E-state index is 0.681. The molecule has 1 radical (unpaired) electrons. The van der Waals surface area contributed by atoms with Crippen molar-refractivity contribution in [3.63, 3.8) is 0 Å². The summed E-state index contributed by atoms with van der Waals surface area (Å²) in [5.74, 6) is 2.64. The van der Waals surface area contributed by atoms with Crippen molar-refractivity contribution < 1.29 is 9.47 Å². The highest BCUT2D eigenvalue weighted by molar-refractivity contribution is 4.89. The summed E-state index contributed by atoms with van der Waals surface area (Å²) in [5, 5.41) is 0. The SMILES string of the molecule is CC#CO[C]1CCCCO1. The first kappa shape index (κ1) is 7.43. The van der Waals surface area contributed by atoms with E-state index in [0.29, 0.717) is 6.29 Å². The van der Waals surface area contributed by atoms with Gasteiger partial charge in [0.25, 0.3) is 6.29 Å². The molecule has 0 atom stereocenters. The van der Waals surface area contributed by atoms with Gasteiger partial charge in [-0.3, -0.25) is 0 Å². The molecule has 1 fully saturated rings. The molecule has 2 nitrogen and oxygen atoms in total. The summed E-state index contributed by atoms with van der Waals surface area (Å²) in [5.41, 5.74) is 0. The van der Waals surface area contributed by atoms with Crippen LogP contribution in [0.2, 0.25) is 0 Å². The highest BCUT2D eigenvalue weighted by atomic mass is 16.7. The molecule has 0 N–H and O–H groups in total. The summed E-state index contributed by atoms with van der Waals surface area (Å²) < 4.78 is 10.1. The van der Waals surface area contributed by atoms with E-state index in [2.05, 4.69) is 12.0 Å². The lowest BCUT2D eigenvalue weighted by Crippen LogP contribution is -2.12. The Balaban J connectivity index is 2.17. The van der Waals surface area contributed by atoms with E-state index in [1.54, 1.807) is 6.92 Å². The summed E-state index contributed by atoms with van der Waals surface area (Å²) in [6, 6.07) is 0. The van der Waals surface area contributed by atoms with Crippen LogP contribution in [0, 0.1) is 18.3 Å². The van der Waals surface area contributed by atoms with Gasteiger partial charge >= 0.3 is 0 Å². The highest BCUT2D eigenvalue weighted by Gasteiger charge is 2.15. The number of hydrogen-bond donors (Lipinski definition) is 0. The molecule has 2 heteroatoms. The fourth-order valence-electron chi connectivity index (χ4n) is 0.818. The minimum absolute atomic E-state index is 0.681. The van der Waals surface area contributed by atoms with Crippen molar-refractivity contribution in [2.75, 3.05) is 6.61 Å². The third-order valence-corrected chi connectivity index (χ3v) is 1.31. The van der Waals surface area contributed by atoms with E-state index in [1.807, 2.05) is 0 Å². The largest absolute Gasteiger partial charge is 0.405 e. The maximum atomic E-state index is 5.17. The van der Waals surface area contributed by atoms with Crippen molar-refractivity contribution in [1.29, 1.82) is 0 Å². The summed E-state index contributed by atoms with van der Waals surface area (Å²) in [4.78, 5) is 0. The Morgan fingerprint density at radius 2 is 2.40 bits per heavy atom. The van der Waals surface area contributed by atoms with Crippen LogP contribution in [0.4, 0.5) is 0 Å². The van der Waals surface area contributed by atoms with Crippen molar-refractivity contribution in [1.82, 2.24) is 0 Å². The second-order valence-corrected chi connectivity index (χ2v) is 2.13. The average Bonchev–Trinajstić information content (AvgIpc) is 2.03. The van der Waals surface area contributed by atoms with Gasteiger partial charge in [0.2, 0.25) is 0 Å². The van der Waals surface area contributed by atoms with Gasteiger partial charge < -0.3 is 9.47 Å². The molecule has 1 aliphatic rings. The first-order valence-corrected chi connectivity index (χ1v) is 3.50. The zero-order valence-corrected chi connectivity index (χ0v) is 6.14. The van der Waals surface area contributed by atoms with Crippen LogP contribution in [-0.2, 0) is 9.47 Å². The maximum absolute atomic E-state index is 5.17. The Hall–Kier alpha value is -0.680. The molecule has 0 unspecified atom stereocenters. The quantitative estimate of drug-likeness (QED) is 0.514. The van der Waals surface area contributed by atoms with Crippen LogP contribution in [0.1, 0.15) is 26.2 Å². The molecule has 0 aromatic heterocycles. The predicted octanol–water partition coefficient (Wildman–Crippen LogP) is 1.67. The second-order valence-electron chi connectivity index (χ2n) is 2.13. The van der Waals surface area contributed by atoms with E-state index in [4.69, 9.17) is 9.47 Å². The van der Waals surface area contributed by atoms with Crippen LogP contribution < -0.4 is 0 Å². The number of hydrogen-bond acceptors (Lipinski definition) is 2. The van der Waals surface area contributed by atoms with Crippen LogP contribution in [0.25, 0.3) is 0 Å². The first-order chi connectivity index (χ1) is 4.93. The molecule has 0 saturated carbocycles. The van der Waals surface area contributed by atoms with Gasteiger partial charge in [0.15, 0.2) is 0 Å². The van der Waals surface area contributed by atoms with Crippen molar-refractivity contribution in [3.8, 4) is 12.0 Å². The Labute approximate surface area is 61.5 Å². The van der Waals surface area contributed by atoms with Gasteiger partial charge in [0.05, 0.1) is 6.61 Å². The summed E-state index contributed by atoms with van der Waals surface area (Å²) >= 11 is 0. The maximum Gasteiger partial charge on any atom is 0.287 e. The van der Waals surface area contributed by atoms with Gasteiger partial charge in [0, 0.05) is 13.3 Å². The molecule has 55 valence electrons. The van der Waals surface area contributed by atoms with Crippen LogP contribution in [0.3, 0.4) is 0 Å². The highest BCUT2D eigenvalue weighted by Crippen LogP contribution is 2.19. The Kier molecular flexibility index (Phi) is 3.11. The molecule has 1 saturated heterocycles. The molecule has 10 heavy (non-hydrogen) atoms. The topological polar surface area (TPSA) is 18.5 Å². The molecule has 0 aliphatic carbocycles. The van der Waals surface area contributed by atoms with Gasteiger partial charge in [0.1, 0.15) is 6.11 Å². The van der Waals surface area contributed by atoms with E-state index in [-0.39, 0.29) is 0 Å². The molecular weight excluding hydrogens is 128 g/mol. The van der Waals surface area contributed by atoms with Gasteiger partial charge in [-0.1, -0.05) is 5.92 Å². The zero-order chi connectivity index (χ0) is 7.23. The molecule has 0 spiro atoms. The third-order valence-electron chi connectivity index (χ3n) is 1.31. The lowest BCUT2D eigenvalue weighted by molar-refractivity contribution is -0.0245. The Morgan fingerprint density at radius 3 is 3.00 bits per heavy atom. The fourth-order valence-corrected chi connectivity index (χ4v) is 0.818. The predicted molar refractivity (Wildman–Crippen MR) is 37.6 cm³/mol. The van der Waals surface area contributed by atoms with Crippen molar-refractivity contribution in [2.45, 2.75) is 26.2 Å². The van der Waals surface area contributed by atoms with E-state index in [1.165, 1.54) is 0 Å². The lowest BCUT2D eigenvalue weighted by atomic mass is 10.2. The normalized spacial score (nSPS) is 19.3. The molecule has 1 rings (SSSR count). The van der Waals surface area contributed by atoms with Crippen molar-refractivity contribution >= 4 is 0 Å². The smallest absolute Gasteiger partial charge is 0.287 e. The molecule has 1 heterocycles. The molecule has 0 bridgehead atoms. The second kappa shape index (κ2) is 4.19. The summed E-state index contributed by atoms with van der Waals surface area (Å²) in [6.45, 7) is 2.52. The molecule has 1 aliphatic heterocycles. The minimum Gasteiger partial charge on any atom is -0.405 e. The number of ether oxygens (including phenoxy) is 2. The van der Waals surface area contributed by atoms with Crippen molar-refractivity contribution in [2.24, 2.45) is 0 Å². The number of rotatable bonds is 1. The van der Waals surface area contributed by atoms with E-state index in [0.717, 1.165) is 25.9 Å². The van der Waals surface area contributed by atoms with Crippen LogP contribution >= 0.6 is 0 Å². The van der Waals surface area contributed by atoms with Gasteiger partial charge in [-0.2, -0.15) is 0 Å². The van der Waals surface area contributed by atoms with Gasteiger partial charge in [-0.05, 0) is 12.8 Å². The summed E-state index contributed by atoms with van der Waals surface area (Å²) in [7, 11) is 0. The van der Waals surface area contributed by atoms with Crippen LogP contribution in [0.15, 0.2) is 0 Å². The van der Waals surface area contributed by atoms with Gasteiger partial charge in [-0.25, -0.2) is 0 Å².